The second-order valence-corrected chi connectivity index (χ2v) is 6.70. The van der Waals surface area contributed by atoms with Crippen LogP contribution in [-0.4, -0.2) is 15.9 Å². The number of furan rings is 1. The van der Waals surface area contributed by atoms with Crippen molar-refractivity contribution < 1.29 is 13.6 Å². The lowest BCUT2D eigenvalue weighted by Gasteiger charge is -2.01. The minimum absolute atomic E-state index is 0.0120. The summed E-state index contributed by atoms with van der Waals surface area (Å²) in [7, 11) is 0. The number of para-hydroxylation sites is 2. The molecule has 0 spiro atoms. The molecule has 2 heterocycles. The third-order valence-corrected chi connectivity index (χ3v) is 4.85. The minimum atomic E-state index is -0.305. The fourth-order valence-corrected chi connectivity index (χ4v) is 3.40. The van der Waals surface area contributed by atoms with Crippen LogP contribution in [0.1, 0.15) is 23.9 Å². The molecule has 130 valence electrons. The number of hydrogen-bond acceptors (Lipinski definition) is 3. The van der Waals surface area contributed by atoms with Gasteiger partial charge in [-0.1, -0.05) is 12.1 Å². The fraction of sp³-hybridized carbons (Fsp3) is 0.200. The monoisotopic (exact) mass is 349 g/mol. The van der Waals surface area contributed by atoms with Gasteiger partial charge in [-0.15, -0.1) is 0 Å². The summed E-state index contributed by atoms with van der Waals surface area (Å²) in [6.45, 7) is 0.290. The van der Waals surface area contributed by atoms with Crippen molar-refractivity contribution in [3.8, 4) is 0 Å². The summed E-state index contributed by atoms with van der Waals surface area (Å²) in [4.78, 5) is 20.3. The lowest BCUT2D eigenvalue weighted by molar-refractivity contribution is -0.122. The molecule has 2 aromatic heterocycles. The number of aromatic amines is 1. The average Bonchev–Trinajstić information content (AvgIpc) is 3.16. The number of nitrogens with zero attached hydrogens (tertiary/aromatic N) is 1. The molecule has 5 rings (SSSR count). The number of hydrogen-bond donors (Lipinski definition) is 2. The van der Waals surface area contributed by atoms with Crippen LogP contribution < -0.4 is 5.32 Å². The Kier molecular flexibility index (Phi) is 3.31. The number of halogens is 1. The molecule has 4 aromatic rings. The number of benzene rings is 2. The third-order valence-electron chi connectivity index (χ3n) is 4.85. The van der Waals surface area contributed by atoms with E-state index in [1.54, 1.807) is 12.1 Å². The zero-order valence-electron chi connectivity index (χ0n) is 13.8. The Labute approximate surface area is 148 Å². The molecule has 1 unspecified atom stereocenters. The van der Waals surface area contributed by atoms with Gasteiger partial charge in [-0.3, -0.25) is 4.79 Å². The second kappa shape index (κ2) is 5.69. The van der Waals surface area contributed by atoms with Gasteiger partial charge in [0.25, 0.3) is 0 Å². The van der Waals surface area contributed by atoms with Crippen molar-refractivity contribution in [1.82, 2.24) is 15.3 Å². The Balaban J connectivity index is 1.24. The van der Waals surface area contributed by atoms with Crippen molar-refractivity contribution in [2.45, 2.75) is 18.9 Å². The first-order valence-electron chi connectivity index (χ1n) is 8.58. The number of fused-ring (bicyclic) bond motifs is 2. The number of imidazole rings is 1. The minimum Gasteiger partial charge on any atom is -0.459 e. The van der Waals surface area contributed by atoms with Crippen LogP contribution in [0.5, 0.6) is 0 Å². The van der Waals surface area contributed by atoms with Crippen LogP contribution in [0.15, 0.2) is 52.9 Å². The van der Waals surface area contributed by atoms with Crippen LogP contribution in [0.25, 0.3) is 22.0 Å². The fourth-order valence-electron chi connectivity index (χ4n) is 3.40. The van der Waals surface area contributed by atoms with Gasteiger partial charge in [0, 0.05) is 17.2 Å². The standard InChI is InChI=1S/C20H16FN3O2/c21-12-5-6-18-11(7-12)8-13(26-18)10-22-20(25)15-9-14(15)19-23-16-3-1-2-4-17(16)24-19/h1-8,14-15H,9-10H2,(H,22,25)(H,23,24)/t14-,15?/m0/s1. The predicted octanol–water partition coefficient (Wildman–Crippen LogP) is 3.87. The number of nitrogens with one attached hydrogen (secondary N) is 2. The Hall–Kier alpha value is -3.15. The largest absolute Gasteiger partial charge is 0.459 e. The molecule has 2 atom stereocenters. The Morgan fingerprint density at radius 3 is 3.04 bits per heavy atom. The number of amides is 1. The molecule has 1 amide bonds. The molecule has 2 aromatic carbocycles. The zero-order valence-corrected chi connectivity index (χ0v) is 13.8. The normalized spacial score (nSPS) is 19.1. The van der Waals surface area contributed by atoms with E-state index in [-0.39, 0.29) is 23.6 Å². The maximum atomic E-state index is 13.2. The summed E-state index contributed by atoms with van der Waals surface area (Å²) in [5.74, 6) is 1.22. The molecule has 26 heavy (non-hydrogen) atoms. The molecule has 0 aliphatic heterocycles. The van der Waals surface area contributed by atoms with Crippen LogP contribution >= 0.6 is 0 Å². The van der Waals surface area contributed by atoms with Crippen LogP contribution in [0.4, 0.5) is 4.39 Å². The molecule has 5 nitrogen and oxygen atoms in total. The zero-order chi connectivity index (χ0) is 17.7. The Morgan fingerprint density at radius 2 is 2.15 bits per heavy atom. The van der Waals surface area contributed by atoms with E-state index in [1.165, 1.54) is 12.1 Å². The molecule has 1 fully saturated rings. The first-order chi connectivity index (χ1) is 12.7. The van der Waals surface area contributed by atoms with Gasteiger partial charge >= 0.3 is 0 Å². The van der Waals surface area contributed by atoms with Gasteiger partial charge in [-0.05, 0) is 42.8 Å². The highest BCUT2D eigenvalue weighted by molar-refractivity contribution is 5.83. The van der Waals surface area contributed by atoms with E-state index in [9.17, 15) is 9.18 Å². The molecule has 0 saturated heterocycles. The van der Waals surface area contributed by atoms with Gasteiger partial charge in [0.2, 0.25) is 5.91 Å². The molecular weight excluding hydrogens is 333 g/mol. The lowest BCUT2D eigenvalue weighted by Crippen LogP contribution is -2.24. The topological polar surface area (TPSA) is 70.9 Å². The highest BCUT2D eigenvalue weighted by Crippen LogP contribution is 2.46. The van der Waals surface area contributed by atoms with E-state index in [1.807, 2.05) is 24.3 Å². The third kappa shape index (κ3) is 2.63. The first-order valence-corrected chi connectivity index (χ1v) is 8.58. The van der Waals surface area contributed by atoms with Gasteiger partial charge in [0.15, 0.2) is 0 Å². The van der Waals surface area contributed by atoms with E-state index >= 15 is 0 Å². The lowest BCUT2D eigenvalue weighted by atomic mass is 10.2. The van der Waals surface area contributed by atoms with E-state index in [2.05, 4.69) is 15.3 Å². The van der Waals surface area contributed by atoms with Crippen molar-refractivity contribution >= 4 is 27.9 Å². The highest BCUT2D eigenvalue weighted by atomic mass is 19.1. The number of carbonyl (C=O) groups excluding carboxylic acids is 1. The molecule has 0 radical (unpaired) electrons. The number of aromatic nitrogens is 2. The summed E-state index contributed by atoms with van der Waals surface area (Å²) >= 11 is 0. The summed E-state index contributed by atoms with van der Waals surface area (Å²) < 4.78 is 18.9. The number of H-pyrrole nitrogens is 1. The predicted molar refractivity (Wildman–Crippen MR) is 95.0 cm³/mol. The van der Waals surface area contributed by atoms with Crippen molar-refractivity contribution in [3.63, 3.8) is 0 Å². The van der Waals surface area contributed by atoms with E-state index in [0.717, 1.165) is 23.3 Å². The molecule has 1 aliphatic carbocycles. The van der Waals surface area contributed by atoms with Crippen LogP contribution in [0.2, 0.25) is 0 Å². The highest BCUT2D eigenvalue weighted by Gasteiger charge is 2.45. The van der Waals surface area contributed by atoms with Crippen LogP contribution in [0, 0.1) is 11.7 Å². The van der Waals surface area contributed by atoms with Crippen molar-refractivity contribution in [2.75, 3.05) is 0 Å². The van der Waals surface area contributed by atoms with Gasteiger partial charge in [-0.2, -0.15) is 0 Å². The second-order valence-electron chi connectivity index (χ2n) is 6.70. The molecular formula is C20H16FN3O2. The molecule has 1 saturated carbocycles. The van der Waals surface area contributed by atoms with Gasteiger partial charge in [-0.25, -0.2) is 9.37 Å². The average molecular weight is 349 g/mol. The summed E-state index contributed by atoms with van der Waals surface area (Å²) in [6.07, 6.45) is 0.789. The maximum Gasteiger partial charge on any atom is 0.224 e. The van der Waals surface area contributed by atoms with Crippen LogP contribution in [-0.2, 0) is 11.3 Å². The van der Waals surface area contributed by atoms with Crippen molar-refractivity contribution in [2.24, 2.45) is 5.92 Å². The van der Waals surface area contributed by atoms with Crippen LogP contribution in [0.3, 0.4) is 0 Å². The smallest absolute Gasteiger partial charge is 0.224 e. The quantitative estimate of drug-likeness (QED) is 0.587. The van der Waals surface area contributed by atoms with Gasteiger partial charge < -0.3 is 14.7 Å². The van der Waals surface area contributed by atoms with Gasteiger partial charge in [0.05, 0.1) is 17.6 Å². The summed E-state index contributed by atoms with van der Waals surface area (Å²) in [5, 5.41) is 3.60. The van der Waals surface area contributed by atoms with Gasteiger partial charge in [0.1, 0.15) is 23.0 Å². The summed E-state index contributed by atoms with van der Waals surface area (Å²) in [5.41, 5.74) is 2.52. The van der Waals surface area contributed by atoms with Crippen molar-refractivity contribution in [3.05, 3.63) is 65.9 Å². The molecule has 6 heteroatoms. The van der Waals surface area contributed by atoms with E-state index in [4.69, 9.17) is 4.42 Å². The Bertz CT molecular complexity index is 1100. The van der Waals surface area contributed by atoms with E-state index in [0.29, 0.717) is 23.3 Å². The first kappa shape index (κ1) is 15.1. The van der Waals surface area contributed by atoms with Crippen molar-refractivity contribution in [1.29, 1.82) is 0 Å². The number of carbonyl (C=O) groups is 1. The number of rotatable bonds is 4. The van der Waals surface area contributed by atoms with E-state index < -0.39 is 0 Å². The SMILES string of the molecule is O=C(NCc1cc2cc(F)ccc2o1)C1C[C@@H]1c1nc2ccccc2[nH]1. The summed E-state index contributed by atoms with van der Waals surface area (Å²) in [6, 6.07) is 14.0. The maximum absolute atomic E-state index is 13.2. The molecule has 0 bridgehead atoms. The Morgan fingerprint density at radius 1 is 1.27 bits per heavy atom. The molecule has 2 N–H and O–H groups in total. The molecule has 1 aliphatic rings.